The largest absolute Gasteiger partial charge is 0.382 e. The van der Waals surface area contributed by atoms with E-state index in [0.29, 0.717) is 42.4 Å². The van der Waals surface area contributed by atoms with Gasteiger partial charge in [0.25, 0.3) is 5.91 Å². The maximum atomic E-state index is 13.1. The lowest BCUT2D eigenvalue weighted by Crippen LogP contribution is -2.52. The highest BCUT2D eigenvalue weighted by Crippen LogP contribution is 2.36. The maximum Gasteiger partial charge on any atom is 0.255 e. The minimum Gasteiger partial charge on any atom is -0.382 e. The van der Waals surface area contributed by atoms with Gasteiger partial charge in [-0.25, -0.2) is 0 Å². The van der Waals surface area contributed by atoms with Gasteiger partial charge in [0.15, 0.2) is 0 Å². The Balaban J connectivity index is 0.00000289. The highest BCUT2D eigenvalue weighted by atomic mass is 35.5. The molecule has 0 unspecified atom stereocenters. The Bertz CT molecular complexity index is 867. The molecular formula is C24H35ClN4O3. The Morgan fingerprint density at radius 3 is 2.50 bits per heavy atom. The molecule has 176 valence electrons. The van der Waals surface area contributed by atoms with E-state index in [2.05, 4.69) is 24.5 Å². The highest BCUT2D eigenvalue weighted by Gasteiger charge is 2.40. The third kappa shape index (κ3) is 5.09. The number of carbonyl (C=O) groups is 3. The quantitative estimate of drug-likeness (QED) is 0.563. The Kier molecular flexibility index (Phi) is 7.83. The fourth-order valence-corrected chi connectivity index (χ4v) is 5.35. The van der Waals surface area contributed by atoms with Crippen molar-refractivity contribution in [2.24, 2.45) is 17.6 Å². The van der Waals surface area contributed by atoms with Crippen LogP contribution in [-0.4, -0.2) is 40.7 Å². The normalized spacial score (nSPS) is 26.4. The molecule has 2 aliphatic heterocycles. The SMILES string of the molecule is CC(C)C[C@@H](Nc1cccc2c1CN([C@@H]1CCC(=O)NC1=O)C2=O)C1CCC(N)CC1.Cl. The molecule has 2 heterocycles. The molecule has 3 amide bonds. The van der Waals surface area contributed by atoms with E-state index in [1.54, 1.807) is 4.90 Å². The topological polar surface area (TPSA) is 105 Å². The fourth-order valence-electron chi connectivity index (χ4n) is 5.35. The van der Waals surface area contributed by atoms with Crippen LogP contribution in [0.4, 0.5) is 5.69 Å². The van der Waals surface area contributed by atoms with Crippen molar-refractivity contribution in [2.45, 2.75) is 83.5 Å². The van der Waals surface area contributed by atoms with Crippen LogP contribution in [-0.2, 0) is 16.1 Å². The molecule has 1 aromatic carbocycles. The molecule has 4 rings (SSSR count). The Morgan fingerprint density at radius 1 is 1.12 bits per heavy atom. The fraction of sp³-hybridized carbons (Fsp3) is 0.625. The lowest BCUT2D eigenvalue weighted by atomic mass is 9.79. The monoisotopic (exact) mass is 462 g/mol. The van der Waals surface area contributed by atoms with Gasteiger partial charge in [-0.15, -0.1) is 12.4 Å². The Labute approximate surface area is 196 Å². The van der Waals surface area contributed by atoms with E-state index < -0.39 is 6.04 Å². The average Bonchev–Trinajstić information content (AvgIpc) is 3.05. The first kappa shape index (κ1) is 24.5. The molecule has 32 heavy (non-hydrogen) atoms. The molecule has 7 nitrogen and oxygen atoms in total. The third-order valence-corrected chi connectivity index (χ3v) is 7.03. The second kappa shape index (κ2) is 10.2. The summed E-state index contributed by atoms with van der Waals surface area (Å²) in [5.74, 6) is 0.365. The van der Waals surface area contributed by atoms with Crippen LogP contribution >= 0.6 is 12.4 Å². The number of piperidine rings is 1. The number of nitrogens with one attached hydrogen (secondary N) is 2. The molecule has 0 spiro atoms. The molecule has 8 heteroatoms. The van der Waals surface area contributed by atoms with Crippen molar-refractivity contribution < 1.29 is 14.4 Å². The summed E-state index contributed by atoms with van der Waals surface area (Å²) in [5.41, 5.74) is 8.73. The first-order valence-corrected chi connectivity index (χ1v) is 11.6. The van der Waals surface area contributed by atoms with Gasteiger partial charge in [0.1, 0.15) is 6.04 Å². The van der Waals surface area contributed by atoms with E-state index >= 15 is 0 Å². The van der Waals surface area contributed by atoms with Crippen LogP contribution < -0.4 is 16.4 Å². The number of fused-ring (bicyclic) bond motifs is 1. The number of benzene rings is 1. The van der Waals surface area contributed by atoms with Gasteiger partial charge in [0, 0.05) is 41.9 Å². The lowest BCUT2D eigenvalue weighted by molar-refractivity contribution is -0.136. The van der Waals surface area contributed by atoms with Gasteiger partial charge in [0.2, 0.25) is 11.8 Å². The summed E-state index contributed by atoms with van der Waals surface area (Å²) in [7, 11) is 0. The first-order chi connectivity index (χ1) is 14.8. The molecule has 1 saturated heterocycles. The van der Waals surface area contributed by atoms with E-state index in [1.807, 2.05) is 18.2 Å². The summed E-state index contributed by atoms with van der Waals surface area (Å²) in [6.07, 6.45) is 6.09. The molecular weight excluding hydrogens is 428 g/mol. The summed E-state index contributed by atoms with van der Waals surface area (Å²) >= 11 is 0. The number of hydrogen-bond acceptors (Lipinski definition) is 5. The minimum absolute atomic E-state index is 0. The van der Waals surface area contributed by atoms with Crippen molar-refractivity contribution in [2.75, 3.05) is 5.32 Å². The number of nitrogens with two attached hydrogens (primary N) is 1. The highest BCUT2D eigenvalue weighted by molar-refractivity contribution is 6.06. The van der Waals surface area contributed by atoms with Gasteiger partial charge in [-0.1, -0.05) is 19.9 Å². The predicted octanol–water partition coefficient (Wildman–Crippen LogP) is 3.21. The molecule has 0 bridgehead atoms. The number of carbonyl (C=O) groups excluding carboxylic acids is 3. The van der Waals surface area contributed by atoms with Crippen LogP contribution in [0, 0.1) is 11.8 Å². The minimum atomic E-state index is -0.586. The zero-order valence-electron chi connectivity index (χ0n) is 18.9. The van der Waals surface area contributed by atoms with Crippen LogP contribution in [0.15, 0.2) is 18.2 Å². The molecule has 0 radical (unpaired) electrons. The molecule has 3 aliphatic rings. The summed E-state index contributed by atoms with van der Waals surface area (Å²) in [6.45, 7) is 4.88. The van der Waals surface area contributed by atoms with Crippen LogP contribution in [0.5, 0.6) is 0 Å². The van der Waals surface area contributed by atoms with Gasteiger partial charge in [0.05, 0.1) is 0 Å². The number of hydrogen-bond donors (Lipinski definition) is 3. The second-order valence-electron chi connectivity index (χ2n) is 9.79. The van der Waals surface area contributed by atoms with Crippen LogP contribution in [0.1, 0.15) is 74.7 Å². The number of imide groups is 1. The Hall–Kier alpha value is -2.12. The molecule has 1 saturated carbocycles. The Morgan fingerprint density at radius 2 is 1.84 bits per heavy atom. The van der Waals surface area contributed by atoms with Crippen molar-refractivity contribution in [1.82, 2.24) is 10.2 Å². The molecule has 2 fully saturated rings. The van der Waals surface area contributed by atoms with E-state index in [9.17, 15) is 14.4 Å². The van der Waals surface area contributed by atoms with E-state index in [-0.39, 0.29) is 36.5 Å². The summed E-state index contributed by atoms with van der Waals surface area (Å²) in [6, 6.07) is 5.86. The first-order valence-electron chi connectivity index (χ1n) is 11.6. The predicted molar refractivity (Wildman–Crippen MR) is 127 cm³/mol. The molecule has 4 N–H and O–H groups in total. The average molecular weight is 463 g/mol. The van der Waals surface area contributed by atoms with E-state index in [4.69, 9.17) is 5.73 Å². The number of rotatable bonds is 6. The standard InChI is InChI=1S/C24H34N4O3.ClH/c1-14(2)12-20(15-6-8-16(25)9-7-15)26-19-5-3-4-17-18(19)13-28(24(17)31)21-10-11-22(29)27-23(21)30;/h3-5,14-16,20-21,26H,6-13,25H2,1-2H3,(H,27,29,30);1H/t15?,16?,20-,21-;/m1./s1. The summed E-state index contributed by atoms with van der Waals surface area (Å²) in [5, 5.41) is 6.15. The van der Waals surface area contributed by atoms with Crippen molar-refractivity contribution in [3.8, 4) is 0 Å². The molecule has 0 aromatic heterocycles. The molecule has 1 aromatic rings. The molecule has 2 atom stereocenters. The van der Waals surface area contributed by atoms with Gasteiger partial charge >= 0.3 is 0 Å². The van der Waals surface area contributed by atoms with Crippen molar-refractivity contribution in [3.05, 3.63) is 29.3 Å². The second-order valence-corrected chi connectivity index (χ2v) is 9.79. The van der Waals surface area contributed by atoms with Crippen LogP contribution in [0.2, 0.25) is 0 Å². The number of nitrogens with zero attached hydrogens (tertiary/aromatic N) is 1. The zero-order valence-corrected chi connectivity index (χ0v) is 19.7. The van der Waals surface area contributed by atoms with Crippen molar-refractivity contribution in [3.63, 3.8) is 0 Å². The summed E-state index contributed by atoms with van der Waals surface area (Å²) < 4.78 is 0. The lowest BCUT2D eigenvalue weighted by Gasteiger charge is -2.35. The summed E-state index contributed by atoms with van der Waals surface area (Å²) in [4.78, 5) is 38.6. The zero-order chi connectivity index (χ0) is 22.1. The van der Waals surface area contributed by atoms with Gasteiger partial charge in [-0.2, -0.15) is 0 Å². The van der Waals surface area contributed by atoms with Gasteiger partial charge < -0.3 is 16.0 Å². The number of amides is 3. The van der Waals surface area contributed by atoms with Crippen molar-refractivity contribution in [1.29, 1.82) is 0 Å². The van der Waals surface area contributed by atoms with E-state index in [0.717, 1.165) is 43.4 Å². The number of anilines is 1. The van der Waals surface area contributed by atoms with Crippen LogP contribution in [0.25, 0.3) is 0 Å². The third-order valence-electron chi connectivity index (χ3n) is 7.03. The van der Waals surface area contributed by atoms with E-state index in [1.165, 1.54) is 0 Å². The van der Waals surface area contributed by atoms with Gasteiger partial charge in [-0.3, -0.25) is 19.7 Å². The van der Waals surface area contributed by atoms with Gasteiger partial charge in [-0.05, 0) is 62.5 Å². The smallest absolute Gasteiger partial charge is 0.255 e. The number of halogens is 1. The molecule has 1 aliphatic carbocycles. The van der Waals surface area contributed by atoms with Crippen LogP contribution in [0.3, 0.4) is 0 Å². The maximum absolute atomic E-state index is 13.1. The van der Waals surface area contributed by atoms with Crippen molar-refractivity contribution >= 4 is 35.8 Å².